The maximum absolute atomic E-state index is 12.9. The van der Waals surface area contributed by atoms with Gasteiger partial charge in [0.2, 0.25) is 0 Å². The number of carboxylic acids is 1. The van der Waals surface area contributed by atoms with Gasteiger partial charge in [-0.2, -0.15) is 0 Å². The van der Waals surface area contributed by atoms with Gasteiger partial charge in [0.15, 0.2) is 11.1 Å². The minimum absolute atomic E-state index is 0.199. The van der Waals surface area contributed by atoms with Gasteiger partial charge in [0.25, 0.3) is 0 Å². The van der Waals surface area contributed by atoms with Gasteiger partial charge in [-0.25, -0.2) is 4.57 Å². The lowest BCUT2D eigenvalue weighted by Gasteiger charge is -2.11. The van der Waals surface area contributed by atoms with Crippen LogP contribution in [-0.2, 0) is 11.8 Å². The second-order valence-electron chi connectivity index (χ2n) is 6.07. The maximum Gasteiger partial charge on any atom is 0.304 e. The van der Waals surface area contributed by atoms with Gasteiger partial charge in [0, 0.05) is 13.8 Å². The van der Waals surface area contributed by atoms with E-state index in [0.29, 0.717) is 22.5 Å². The standard InChI is InChI=1S/C18H18N2O5/c1-10-11(2)20(24)18(19(10)3)13(8-16(21)22)14-9-25-15-7-5-4-6-12(15)17(14)23/h4-7,9,13H,8H2,1-3H3,(H-,21,22,24)/p+1/t13-/m0/s1. The summed E-state index contributed by atoms with van der Waals surface area (Å²) in [5.74, 6) is -1.60. The first-order valence-electron chi connectivity index (χ1n) is 7.82. The smallest absolute Gasteiger partial charge is 0.304 e. The van der Waals surface area contributed by atoms with Crippen molar-refractivity contribution >= 4 is 16.9 Å². The van der Waals surface area contributed by atoms with Crippen LogP contribution in [0.5, 0.6) is 0 Å². The van der Waals surface area contributed by atoms with Gasteiger partial charge in [-0.3, -0.25) is 9.59 Å². The molecule has 0 radical (unpaired) electrons. The SMILES string of the molecule is Cc1c(C)[n+](C)c([C@@H](CC(=O)O)c2coc3ccccc3c2=O)n1O. The van der Waals surface area contributed by atoms with Crippen LogP contribution in [0.1, 0.15) is 35.1 Å². The van der Waals surface area contributed by atoms with Crippen molar-refractivity contribution in [3.8, 4) is 0 Å². The number of fused-ring (bicyclic) bond motifs is 1. The largest absolute Gasteiger partial charge is 0.481 e. The monoisotopic (exact) mass is 343 g/mol. The van der Waals surface area contributed by atoms with Crippen LogP contribution in [0, 0.1) is 13.8 Å². The Labute approximate surface area is 143 Å². The average molecular weight is 343 g/mol. The molecule has 0 aliphatic carbocycles. The molecule has 0 spiro atoms. The lowest BCUT2D eigenvalue weighted by Crippen LogP contribution is -2.38. The third-order valence-corrected chi connectivity index (χ3v) is 4.68. The van der Waals surface area contributed by atoms with E-state index >= 15 is 0 Å². The van der Waals surface area contributed by atoms with Crippen molar-refractivity contribution in [3.05, 3.63) is 63.5 Å². The van der Waals surface area contributed by atoms with Crippen molar-refractivity contribution in [3.63, 3.8) is 0 Å². The number of aliphatic carboxylic acids is 1. The summed E-state index contributed by atoms with van der Waals surface area (Å²) in [6.07, 6.45) is 0.941. The van der Waals surface area contributed by atoms with Crippen LogP contribution in [-0.4, -0.2) is 21.0 Å². The molecule has 0 fully saturated rings. The highest BCUT2D eigenvalue weighted by Crippen LogP contribution is 2.27. The summed E-state index contributed by atoms with van der Waals surface area (Å²) >= 11 is 0. The number of imidazole rings is 1. The summed E-state index contributed by atoms with van der Waals surface area (Å²) in [6.45, 7) is 3.53. The maximum atomic E-state index is 12.9. The van der Waals surface area contributed by atoms with E-state index in [1.807, 2.05) is 6.92 Å². The number of carbonyl (C=O) groups is 1. The van der Waals surface area contributed by atoms with E-state index in [-0.39, 0.29) is 17.4 Å². The fourth-order valence-electron chi connectivity index (χ4n) is 3.11. The van der Waals surface area contributed by atoms with E-state index in [9.17, 15) is 19.9 Å². The lowest BCUT2D eigenvalue weighted by molar-refractivity contribution is -0.686. The molecule has 1 aromatic carbocycles. The van der Waals surface area contributed by atoms with Crippen molar-refractivity contribution in [2.45, 2.75) is 26.2 Å². The Hall–Kier alpha value is -3.09. The minimum Gasteiger partial charge on any atom is -0.481 e. The number of rotatable bonds is 4. The van der Waals surface area contributed by atoms with Crippen LogP contribution in [0.25, 0.3) is 11.0 Å². The summed E-state index contributed by atoms with van der Waals surface area (Å²) in [7, 11) is 1.72. The molecular weight excluding hydrogens is 324 g/mol. The summed E-state index contributed by atoms with van der Waals surface area (Å²) in [6, 6.07) is 6.79. The Balaban J connectivity index is 2.29. The predicted octanol–water partition coefficient (Wildman–Crippen LogP) is 1.88. The van der Waals surface area contributed by atoms with E-state index in [1.54, 1.807) is 42.8 Å². The molecule has 2 heterocycles. The molecule has 7 nitrogen and oxygen atoms in total. The molecule has 3 aromatic rings. The summed E-state index contributed by atoms with van der Waals surface area (Å²) in [5, 5.41) is 20.1. The Morgan fingerprint density at radius 2 is 2.00 bits per heavy atom. The van der Waals surface area contributed by atoms with Gasteiger partial charge < -0.3 is 14.7 Å². The fraction of sp³-hybridized carbons (Fsp3) is 0.278. The molecule has 0 aliphatic heterocycles. The molecule has 1 atom stereocenters. The normalized spacial score (nSPS) is 12.4. The first-order chi connectivity index (χ1) is 11.8. The van der Waals surface area contributed by atoms with Gasteiger partial charge >= 0.3 is 11.8 Å². The van der Waals surface area contributed by atoms with Crippen molar-refractivity contribution in [1.82, 2.24) is 4.73 Å². The highest BCUT2D eigenvalue weighted by molar-refractivity contribution is 5.77. The van der Waals surface area contributed by atoms with E-state index in [2.05, 4.69) is 0 Å². The van der Waals surface area contributed by atoms with Crippen LogP contribution in [0.4, 0.5) is 0 Å². The van der Waals surface area contributed by atoms with Crippen LogP contribution < -0.4 is 10.00 Å². The second kappa shape index (κ2) is 6.08. The first-order valence-corrected chi connectivity index (χ1v) is 7.82. The predicted molar refractivity (Wildman–Crippen MR) is 88.8 cm³/mol. The Morgan fingerprint density at radius 1 is 1.32 bits per heavy atom. The number of carboxylic acid groups (broad SMARTS) is 1. The summed E-state index contributed by atoms with van der Waals surface area (Å²) < 4.78 is 8.17. The van der Waals surface area contributed by atoms with Gasteiger partial charge in [-0.05, 0) is 16.9 Å². The summed E-state index contributed by atoms with van der Waals surface area (Å²) in [4.78, 5) is 24.3. The molecule has 0 saturated carbocycles. The number of nitrogens with zero attached hydrogens (tertiary/aromatic N) is 2. The zero-order valence-corrected chi connectivity index (χ0v) is 14.2. The molecule has 2 N–H and O–H groups in total. The third-order valence-electron chi connectivity index (χ3n) is 4.68. The van der Waals surface area contributed by atoms with E-state index in [0.717, 1.165) is 10.4 Å². The van der Waals surface area contributed by atoms with Crippen molar-refractivity contribution in [2.75, 3.05) is 0 Å². The van der Waals surface area contributed by atoms with Gasteiger partial charge in [-0.1, -0.05) is 12.1 Å². The van der Waals surface area contributed by atoms with Gasteiger partial charge in [-0.15, -0.1) is 0 Å². The van der Waals surface area contributed by atoms with Crippen molar-refractivity contribution < 1.29 is 24.1 Å². The zero-order chi connectivity index (χ0) is 18.3. The van der Waals surface area contributed by atoms with Gasteiger partial charge in [0.05, 0.1) is 30.7 Å². The van der Waals surface area contributed by atoms with Crippen LogP contribution in [0.3, 0.4) is 0 Å². The van der Waals surface area contributed by atoms with Crippen LogP contribution in [0.15, 0.2) is 39.7 Å². The molecule has 0 amide bonds. The zero-order valence-electron chi connectivity index (χ0n) is 14.2. The number of hydrogen-bond acceptors (Lipinski definition) is 4. The lowest BCUT2D eigenvalue weighted by atomic mass is 9.95. The number of benzene rings is 1. The minimum atomic E-state index is -1.07. The molecule has 0 saturated heterocycles. The molecule has 2 aromatic heterocycles. The molecule has 130 valence electrons. The number of para-hydroxylation sites is 1. The Morgan fingerprint density at radius 3 is 2.60 bits per heavy atom. The van der Waals surface area contributed by atoms with Crippen molar-refractivity contribution in [1.29, 1.82) is 0 Å². The molecule has 0 bridgehead atoms. The number of hydrogen-bond donors (Lipinski definition) is 2. The molecule has 25 heavy (non-hydrogen) atoms. The summed E-state index contributed by atoms with van der Waals surface area (Å²) in [5.41, 5.74) is 1.69. The Bertz CT molecular complexity index is 1010. The van der Waals surface area contributed by atoms with E-state index in [4.69, 9.17) is 4.42 Å². The topological polar surface area (TPSA) is 96.5 Å². The van der Waals surface area contributed by atoms with Crippen molar-refractivity contribution in [2.24, 2.45) is 7.05 Å². The average Bonchev–Trinajstić information content (AvgIpc) is 2.77. The highest BCUT2D eigenvalue weighted by Gasteiger charge is 2.36. The first kappa shape index (κ1) is 16.8. The molecule has 0 unspecified atom stereocenters. The molecule has 3 rings (SSSR count). The molecule has 7 heteroatoms. The van der Waals surface area contributed by atoms with Crippen LogP contribution in [0.2, 0.25) is 0 Å². The van der Waals surface area contributed by atoms with Gasteiger partial charge in [0.1, 0.15) is 17.2 Å². The number of aromatic nitrogens is 2. The van der Waals surface area contributed by atoms with E-state index in [1.165, 1.54) is 6.26 Å². The fourth-order valence-corrected chi connectivity index (χ4v) is 3.11. The Kier molecular flexibility index (Phi) is 4.08. The highest BCUT2D eigenvalue weighted by atomic mass is 16.5. The second-order valence-corrected chi connectivity index (χ2v) is 6.07. The third kappa shape index (κ3) is 2.67. The van der Waals surface area contributed by atoms with Crippen LogP contribution >= 0.6 is 0 Å². The molecule has 0 aliphatic rings. The molecular formula is C18H19N2O5+. The van der Waals surface area contributed by atoms with E-state index < -0.39 is 11.9 Å². The quantitative estimate of drug-likeness (QED) is 0.557.